The number of nitrogens with one attached hydrogen (secondary N) is 2. The average Bonchev–Trinajstić information content (AvgIpc) is 3.09. The van der Waals surface area contributed by atoms with Crippen molar-refractivity contribution in [2.24, 2.45) is 11.7 Å². The van der Waals surface area contributed by atoms with Crippen molar-refractivity contribution in [1.82, 2.24) is 5.32 Å². The lowest BCUT2D eigenvalue weighted by Crippen LogP contribution is -2.32. The number of anilines is 1. The summed E-state index contributed by atoms with van der Waals surface area (Å²) in [5.41, 5.74) is 7.84. The van der Waals surface area contributed by atoms with E-state index < -0.39 is 0 Å². The quantitative estimate of drug-likeness (QED) is 0.755. The molecule has 0 aromatic heterocycles. The standard InChI is InChI=1S/C21H24FN3O2/c1-13(24-21(27)16-4-9-18(23)12-16)14-5-10-19(11-6-14)25-20(26)15-2-7-17(22)8-3-15/h2-3,5-8,10-11,13,16,18H,4,9,12,23H2,1H3,(H,24,27)(H,25,26). The Hall–Kier alpha value is -2.73. The van der Waals surface area contributed by atoms with E-state index in [1.165, 1.54) is 24.3 Å². The highest BCUT2D eigenvalue weighted by molar-refractivity contribution is 6.04. The van der Waals surface area contributed by atoms with Crippen LogP contribution in [0, 0.1) is 11.7 Å². The molecule has 0 spiro atoms. The van der Waals surface area contributed by atoms with E-state index in [2.05, 4.69) is 10.6 Å². The fourth-order valence-electron chi connectivity index (χ4n) is 3.33. The third kappa shape index (κ3) is 4.92. The van der Waals surface area contributed by atoms with Gasteiger partial charge in [0.1, 0.15) is 5.82 Å². The van der Waals surface area contributed by atoms with Crippen molar-refractivity contribution in [3.63, 3.8) is 0 Å². The highest BCUT2D eigenvalue weighted by Crippen LogP contribution is 2.25. The summed E-state index contributed by atoms with van der Waals surface area (Å²) in [6.07, 6.45) is 2.48. The minimum atomic E-state index is -0.383. The molecule has 1 saturated carbocycles. The Bertz CT molecular complexity index is 805. The van der Waals surface area contributed by atoms with E-state index in [1.54, 1.807) is 12.1 Å². The van der Waals surface area contributed by atoms with Crippen LogP contribution in [0.2, 0.25) is 0 Å². The smallest absolute Gasteiger partial charge is 0.255 e. The molecule has 3 rings (SSSR count). The molecule has 3 unspecified atom stereocenters. The number of benzene rings is 2. The summed E-state index contributed by atoms with van der Waals surface area (Å²) < 4.78 is 12.9. The Morgan fingerprint density at radius 1 is 1.07 bits per heavy atom. The summed E-state index contributed by atoms with van der Waals surface area (Å²) in [6.45, 7) is 1.93. The number of hydrogen-bond acceptors (Lipinski definition) is 3. The van der Waals surface area contributed by atoms with Crippen LogP contribution in [-0.4, -0.2) is 17.9 Å². The van der Waals surface area contributed by atoms with E-state index in [9.17, 15) is 14.0 Å². The van der Waals surface area contributed by atoms with Crippen LogP contribution >= 0.6 is 0 Å². The maximum atomic E-state index is 12.9. The van der Waals surface area contributed by atoms with Gasteiger partial charge in [0.2, 0.25) is 5.91 Å². The monoisotopic (exact) mass is 369 g/mol. The Morgan fingerprint density at radius 2 is 1.74 bits per heavy atom. The predicted molar refractivity (Wildman–Crippen MR) is 103 cm³/mol. The number of amides is 2. The Balaban J connectivity index is 1.57. The predicted octanol–water partition coefficient (Wildman–Crippen LogP) is 3.38. The van der Waals surface area contributed by atoms with Crippen molar-refractivity contribution in [1.29, 1.82) is 0 Å². The lowest BCUT2D eigenvalue weighted by molar-refractivity contribution is -0.125. The van der Waals surface area contributed by atoms with E-state index in [0.717, 1.165) is 24.8 Å². The first-order chi connectivity index (χ1) is 12.9. The van der Waals surface area contributed by atoms with Crippen molar-refractivity contribution in [2.45, 2.75) is 38.3 Å². The van der Waals surface area contributed by atoms with Gasteiger partial charge in [-0.25, -0.2) is 4.39 Å². The topological polar surface area (TPSA) is 84.2 Å². The van der Waals surface area contributed by atoms with Gasteiger partial charge in [-0.2, -0.15) is 0 Å². The van der Waals surface area contributed by atoms with Gasteiger partial charge < -0.3 is 16.4 Å². The van der Waals surface area contributed by atoms with Crippen LogP contribution in [0.1, 0.15) is 48.1 Å². The molecule has 0 heterocycles. The van der Waals surface area contributed by atoms with Gasteiger partial charge in [-0.05, 0) is 68.1 Å². The van der Waals surface area contributed by atoms with E-state index in [1.807, 2.05) is 19.1 Å². The van der Waals surface area contributed by atoms with Crippen LogP contribution in [0.4, 0.5) is 10.1 Å². The molecule has 0 radical (unpaired) electrons. The second-order valence-corrected chi connectivity index (χ2v) is 7.08. The van der Waals surface area contributed by atoms with E-state index in [0.29, 0.717) is 11.3 Å². The normalized spacial score (nSPS) is 20.1. The molecule has 1 aliphatic rings. The molecule has 0 saturated heterocycles. The summed E-state index contributed by atoms with van der Waals surface area (Å²) in [4.78, 5) is 24.5. The molecular formula is C21H24FN3O2. The molecule has 0 bridgehead atoms. The first kappa shape index (κ1) is 19.0. The fourth-order valence-corrected chi connectivity index (χ4v) is 3.33. The molecule has 27 heavy (non-hydrogen) atoms. The number of carbonyl (C=O) groups excluding carboxylic acids is 2. The molecule has 1 fully saturated rings. The maximum Gasteiger partial charge on any atom is 0.255 e. The van der Waals surface area contributed by atoms with Crippen LogP contribution in [0.25, 0.3) is 0 Å². The maximum absolute atomic E-state index is 12.9. The molecule has 2 aromatic carbocycles. The first-order valence-corrected chi connectivity index (χ1v) is 9.15. The van der Waals surface area contributed by atoms with Crippen molar-refractivity contribution < 1.29 is 14.0 Å². The van der Waals surface area contributed by atoms with Gasteiger partial charge >= 0.3 is 0 Å². The van der Waals surface area contributed by atoms with Gasteiger partial charge in [-0.15, -0.1) is 0 Å². The molecule has 3 atom stereocenters. The van der Waals surface area contributed by atoms with Crippen LogP contribution < -0.4 is 16.4 Å². The molecule has 142 valence electrons. The van der Waals surface area contributed by atoms with Gasteiger partial charge in [0.15, 0.2) is 0 Å². The van der Waals surface area contributed by atoms with E-state index in [4.69, 9.17) is 5.73 Å². The summed E-state index contributed by atoms with van der Waals surface area (Å²) in [6, 6.07) is 12.7. The number of hydrogen-bond donors (Lipinski definition) is 3. The fraction of sp³-hybridized carbons (Fsp3) is 0.333. The molecule has 2 aromatic rings. The largest absolute Gasteiger partial charge is 0.349 e. The van der Waals surface area contributed by atoms with Crippen LogP contribution in [-0.2, 0) is 4.79 Å². The van der Waals surface area contributed by atoms with Crippen molar-refractivity contribution in [3.05, 3.63) is 65.5 Å². The minimum absolute atomic E-state index is 0.00304. The van der Waals surface area contributed by atoms with Crippen LogP contribution in [0.5, 0.6) is 0 Å². The van der Waals surface area contributed by atoms with Crippen LogP contribution in [0.3, 0.4) is 0 Å². The molecule has 4 N–H and O–H groups in total. The SMILES string of the molecule is CC(NC(=O)C1CCC(N)C1)c1ccc(NC(=O)c2ccc(F)cc2)cc1. The van der Waals surface area contributed by atoms with Gasteiger partial charge in [0, 0.05) is 23.2 Å². The average molecular weight is 369 g/mol. The second kappa shape index (κ2) is 8.31. The minimum Gasteiger partial charge on any atom is -0.349 e. The Morgan fingerprint density at radius 3 is 2.33 bits per heavy atom. The van der Waals surface area contributed by atoms with Crippen molar-refractivity contribution in [2.75, 3.05) is 5.32 Å². The summed E-state index contributed by atoms with van der Waals surface area (Å²) in [5, 5.41) is 5.80. The van der Waals surface area contributed by atoms with Gasteiger partial charge in [0.05, 0.1) is 6.04 Å². The lowest BCUT2D eigenvalue weighted by Gasteiger charge is -2.18. The van der Waals surface area contributed by atoms with Gasteiger partial charge in [-0.1, -0.05) is 12.1 Å². The van der Waals surface area contributed by atoms with Crippen molar-refractivity contribution in [3.8, 4) is 0 Å². The number of carbonyl (C=O) groups is 2. The molecule has 5 nitrogen and oxygen atoms in total. The number of halogens is 1. The van der Waals surface area contributed by atoms with Crippen molar-refractivity contribution >= 4 is 17.5 Å². The lowest BCUT2D eigenvalue weighted by atomic mass is 10.0. The zero-order valence-electron chi connectivity index (χ0n) is 15.2. The molecule has 1 aliphatic carbocycles. The zero-order valence-corrected chi connectivity index (χ0v) is 15.2. The molecular weight excluding hydrogens is 345 g/mol. The van der Waals surface area contributed by atoms with Gasteiger partial charge in [-0.3, -0.25) is 9.59 Å². The first-order valence-electron chi connectivity index (χ1n) is 9.15. The zero-order chi connectivity index (χ0) is 19.4. The third-order valence-corrected chi connectivity index (χ3v) is 4.98. The Kier molecular flexibility index (Phi) is 5.86. The highest BCUT2D eigenvalue weighted by atomic mass is 19.1. The molecule has 2 amide bonds. The van der Waals surface area contributed by atoms with E-state index >= 15 is 0 Å². The number of nitrogens with two attached hydrogens (primary N) is 1. The van der Waals surface area contributed by atoms with Gasteiger partial charge in [0.25, 0.3) is 5.91 Å². The number of rotatable bonds is 5. The van der Waals surface area contributed by atoms with Crippen LogP contribution in [0.15, 0.2) is 48.5 Å². The summed E-state index contributed by atoms with van der Waals surface area (Å²) in [7, 11) is 0. The summed E-state index contributed by atoms with van der Waals surface area (Å²) >= 11 is 0. The molecule has 0 aliphatic heterocycles. The molecule has 6 heteroatoms. The summed E-state index contributed by atoms with van der Waals surface area (Å²) in [5.74, 6) is -0.644. The highest BCUT2D eigenvalue weighted by Gasteiger charge is 2.28. The second-order valence-electron chi connectivity index (χ2n) is 7.08. The van der Waals surface area contributed by atoms with E-state index in [-0.39, 0.29) is 35.6 Å². The third-order valence-electron chi connectivity index (χ3n) is 4.98. The Labute approximate surface area is 158 Å².